The predicted molar refractivity (Wildman–Crippen MR) is 159 cm³/mol. The van der Waals surface area contributed by atoms with E-state index >= 15 is 0 Å². The van der Waals surface area contributed by atoms with E-state index in [4.69, 9.17) is 9.73 Å². The lowest BCUT2D eigenvalue weighted by Crippen LogP contribution is -2.39. The molecule has 200 valence electrons. The largest absolute Gasteiger partial charge is 0.463 e. The lowest BCUT2D eigenvalue weighted by atomic mass is 9.96. The minimum absolute atomic E-state index is 0.178. The van der Waals surface area contributed by atoms with Crippen LogP contribution in [0.4, 0.5) is 0 Å². The summed E-state index contributed by atoms with van der Waals surface area (Å²) in [6.07, 6.45) is 4.06. The molecule has 40 heavy (non-hydrogen) atoms. The van der Waals surface area contributed by atoms with Crippen LogP contribution >= 0.6 is 11.3 Å². The van der Waals surface area contributed by atoms with Crippen LogP contribution in [0.15, 0.2) is 106 Å². The Morgan fingerprint density at radius 1 is 1.02 bits per heavy atom. The first-order valence-corrected chi connectivity index (χ1v) is 14.1. The first-order chi connectivity index (χ1) is 19.4. The Balaban J connectivity index is 1.51. The number of aryl methyl sites for hydroxylation is 1. The molecule has 3 aromatic carbocycles. The molecule has 1 aliphatic heterocycles. The maximum atomic E-state index is 14.0. The average Bonchev–Trinajstić information content (AvgIpc) is 3.45. The van der Waals surface area contributed by atoms with Crippen molar-refractivity contribution in [3.05, 3.63) is 138 Å². The highest BCUT2D eigenvalue weighted by Gasteiger charge is 2.33. The summed E-state index contributed by atoms with van der Waals surface area (Å²) in [5.41, 5.74) is 6.12. The molecule has 0 amide bonds. The van der Waals surface area contributed by atoms with E-state index < -0.39 is 12.0 Å². The predicted octanol–water partition coefficient (Wildman–Crippen LogP) is 5.11. The summed E-state index contributed by atoms with van der Waals surface area (Å²) < 4.78 is 9.82. The van der Waals surface area contributed by atoms with Gasteiger partial charge in [-0.25, -0.2) is 9.79 Å². The number of benzene rings is 3. The van der Waals surface area contributed by atoms with Crippen LogP contribution in [-0.2, 0) is 16.1 Å². The number of hydrogen-bond acceptors (Lipinski definition) is 5. The third-order valence-electron chi connectivity index (χ3n) is 7.17. The van der Waals surface area contributed by atoms with Crippen LogP contribution in [0.3, 0.4) is 0 Å². The number of para-hydroxylation sites is 1. The van der Waals surface area contributed by atoms with Crippen LogP contribution in [0.5, 0.6) is 0 Å². The van der Waals surface area contributed by atoms with Crippen molar-refractivity contribution in [1.82, 2.24) is 9.13 Å². The van der Waals surface area contributed by atoms with Crippen molar-refractivity contribution >= 4 is 34.3 Å². The number of fused-ring (bicyclic) bond motifs is 2. The molecule has 1 aliphatic rings. The fourth-order valence-corrected chi connectivity index (χ4v) is 6.45. The standard InChI is InChI=1S/C33H29N3O3S/c1-4-39-32(38)29-22(3)34-33-36(30(29)24-13-6-5-7-14-24)31(37)28(40-33)18-25-20-35(27-16-9-8-15-26(25)27)19-23-12-10-11-21(2)17-23/h5-18,20,30H,4,19H2,1-3H3/b28-18-/t30-/m0/s1. The van der Waals surface area contributed by atoms with Gasteiger partial charge in [-0.3, -0.25) is 9.36 Å². The van der Waals surface area contributed by atoms with Crippen molar-refractivity contribution in [3.8, 4) is 0 Å². The minimum Gasteiger partial charge on any atom is -0.463 e. The van der Waals surface area contributed by atoms with Crippen molar-refractivity contribution in [2.24, 2.45) is 4.99 Å². The summed E-state index contributed by atoms with van der Waals surface area (Å²) in [5, 5.41) is 1.07. The fourth-order valence-electron chi connectivity index (χ4n) is 5.41. The van der Waals surface area contributed by atoms with E-state index in [0.29, 0.717) is 20.6 Å². The van der Waals surface area contributed by atoms with E-state index in [-0.39, 0.29) is 12.2 Å². The molecule has 7 heteroatoms. The lowest BCUT2D eigenvalue weighted by Gasteiger charge is -2.24. The second kappa shape index (κ2) is 10.6. The highest BCUT2D eigenvalue weighted by atomic mass is 32.1. The number of ether oxygens (including phenoxy) is 1. The molecule has 2 aromatic heterocycles. The van der Waals surface area contributed by atoms with Gasteiger partial charge in [-0.1, -0.05) is 89.7 Å². The molecule has 0 aliphatic carbocycles. The van der Waals surface area contributed by atoms with E-state index in [0.717, 1.165) is 28.6 Å². The molecule has 6 nitrogen and oxygen atoms in total. The number of allylic oxidation sites excluding steroid dienone is 1. The van der Waals surface area contributed by atoms with Crippen LogP contribution in [0.25, 0.3) is 17.0 Å². The van der Waals surface area contributed by atoms with Crippen molar-refractivity contribution in [1.29, 1.82) is 0 Å². The van der Waals surface area contributed by atoms with E-state index in [1.165, 1.54) is 22.5 Å². The molecule has 1 atom stereocenters. The van der Waals surface area contributed by atoms with E-state index in [1.54, 1.807) is 18.4 Å². The van der Waals surface area contributed by atoms with E-state index in [9.17, 15) is 9.59 Å². The molecule has 0 fully saturated rings. The van der Waals surface area contributed by atoms with Gasteiger partial charge in [0.05, 0.1) is 28.5 Å². The maximum absolute atomic E-state index is 14.0. The van der Waals surface area contributed by atoms with Crippen LogP contribution in [0.1, 0.15) is 42.1 Å². The SMILES string of the molecule is CCOC(=O)C1=C(C)N=c2s/c(=C\c3cn(Cc4cccc(C)c4)c4ccccc34)c(=O)n2[C@H]1c1ccccc1. The molecular formula is C33H29N3O3S. The van der Waals surface area contributed by atoms with Gasteiger partial charge in [0.15, 0.2) is 4.80 Å². The molecule has 0 bridgehead atoms. The molecule has 5 aromatic rings. The zero-order chi connectivity index (χ0) is 27.8. The molecule has 0 spiro atoms. The molecule has 3 heterocycles. The molecule has 0 saturated carbocycles. The zero-order valence-electron chi connectivity index (χ0n) is 22.6. The molecule has 0 saturated heterocycles. The average molecular weight is 548 g/mol. The Hall–Kier alpha value is -4.49. The number of carbonyl (C=O) groups excluding carboxylic acids is 1. The number of hydrogen-bond donors (Lipinski definition) is 0. The normalized spacial score (nSPS) is 15.3. The highest BCUT2D eigenvalue weighted by molar-refractivity contribution is 7.07. The number of thiazole rings is 1. The van der Waals surface area contributed by atoms with Gasteiger partial charge in [-0.2, -0.15) is 0 Å². The highest BCUT2D eigenvalue weighted by Crippen LogP contribution is 2.30. The van der Waals surface area contributed by atoms with Crippen LogP contribution in [0.2, 0.25) is 0 Å². The van der Waals surface area contributed by atoms with Crippen molar-refractivity contribution < 1.29 is 9.53 Å². The first-order valence-electron chi connectivity index (χ1n) is 13.3. The smallest absolute Gasteiger partial charge is 0.338 e. The number of carbonyl (C=O) groups is 1. The van der Waals surface area contributed by atoms with Crippen LogP contribution in [-0.4, -0.2) is 21.7 Å². The number of esters is 1. The zero-order valence-corrected chi connectivity index (χ0v) is 23.4. The van der Waals surface area contributed by atoms with Gasteiger partial charge in [0.25, 0.3) is 5.56 Å². The van der Waals surface area contributed by atoms with Gasteiger partial charge in [0.1, 0.15) is 0 Å². The van der Waals surface area contributed by atoms with Gasteiger partial charge in [-0.15, -0.1) is 0 Å². The Labute approximate surface area is 235 Å². The summed E-state index contributed by atoms with van der Waals surface area (Å²) in [5.74, 6) is -0.453. The fraction of sp³-hybridized carbons (Fsp3) is 0.182. The van der Waals surface area contributed by atoms with Gasteiger partial charge >= 0.3 is 5.97 Å². The lowest BCUT2D eigenvalue weighted by molar-refractivity contribution is -0.139. The van der Waals surface area contributed by atoms with Crippen molar-refractivity contribution in [2.75, 3.05) is 6.61 Å². The van der Waals surface area contributed by atoms with E-state index in [1.807, 2.05) is 48.5 Å². The minimum atomic E-state index is -0.610. The Morgan fingerprint density at radius 3 is 2.58 bits per heavy atom. The summed E-state index contributed by atoms with van der Waals surface area (Å²) in [7, 11) is 0. The summed E-state index contributed by atoms with van der Waals surface area (Å²) in [6.45, 7) is 6.65. The van der Waals surface area contributed by atoms with Gasteiger partial charge in [0, 0.05) is 29.2 Å². The first kappa shape index (κ1) is 25.8. The monoisotopic (exact) mass is 547 g/mol. The topological polar surface area (TPSA) is 65.6 Å². The Bertz CT molecular complexity index is 1960. The Kier molecular flexibility index (Phi) is 6.82. The maximum Gasteiger partial charge on any atom is 0.338 e. The third kappa shape index (κ3) is 4.62. The number of nitrogens with zero attached hydrogens (tertiary/aromatic N) is 3. The van der Waals surface area contributed by atoms with Gasteiger partial charge < -0.3 is 9.30 Å². The second-order valence-corrected chi connectivity index (χ2v) is 10.9. The van der Waals surface area contributed by atoms with Crippen LogP contribution < -0.4 is 14.9 Å². The molecule has 0 radical (unpaired) electrons. The number of aromatic nitrogens is 2. The summed E-state index contributed by atoms with van der Waals surface area (Å²) >= 11 is 1.34. The van der Waals surface area contributed by atoms with Crippen LogP contribution in [0, 0.1) is 6.92 Å². The second-order valence-electron chi connectivity index (χ2n) is 9.93. The van der Waals surface area contributed by atoms with E-state index in [2.05, 4.69) is 54.1 Å². The summed E-state index contributed by atoms with van der Waals surface area (Å²) in [4.78, 5) is 32.3. The summed E-state index contributed by atoms with van der Waals surface area (Å²) in [6, 6.07) is 25.7. The van der Waals surface area contributed by atoms with Crippen molar-refractivity contribution in [2.45, 2.75) is 33.4 Å². The Morgan fingerprint density at radius 2 is 1.80 bits per heavy atom. The molecule has 6 rings (SSSR count). The quantitative estimate of drug-likeness (QED) is 0.278. The number of rotatable bonds is 6. The molecule has 0 N–H and O–H groups in total. The molecule has 0 unspecified atom stereocenters. The van der Waals surface area contributed by atoms with Gasteiger partial charge in [0.2, 0.25) is 0 Å². The van der Waals surface area contributed by atoms with Gasteiger partial charge in [-0.05, 0) is 44.0 Å². The third-order valence-corrected chi connectivity index (χ3v) is 8.16. The van der Waals surface area contributed by atoms with Crippen molar-refractivity contribution in [3.63, 3.8) is 0 Å². The molecular weight excluding hydrogens is 518 g/mol.